The minimum absolute atomic E-state index is 0.117. The predicted octanol–water partition coefficient (Wildman–Crippen LogP) is 1.44. The number of nitrogens with zero attached hydrogens (tertiary/aromatic N) is 3. The van der Waals surface area contributed by atoms with Gasteiger partial charge in [0.1, 0.15) is 17.5 Å². The Balaban J connectivity index is 2.70. The molecule has 0 radical (unpaired) electrons. The topological polar surface area (TPSA) is 62.9 Å². The Hall–Kier alpha value is -1.54. The minimum Gasteiger partial charge on any atom is -0.377 e. The van der Waals surface area contributed by atoms with E-state index in [1.54, 1.807) is 4.68 Å². The molecule has 1 aromatic heterocycles. The van der Waals surface area contributed by atoms with Crippen LogP contribution in [0.15, 0.2) is 0 Å². The zero-order chi connectivity index (χ0) is 12.1. The smallest absolute Gasteiger partial charge is 0.142 e. The number of hydrogen-bond acceptors (Lipinski definition) is 4. The van der Waals surface area contributed by atoms with Crippen LogP contribution in [0.3, 0.4) is 0 Å². The van der Waals surface area contributed by atoms with Gasteiger partial charge in [-0.2, -0.15) is 10.4 Å². The Kier molecular flexibility index (Phi) is 4.32. The van der Waals surface area contributed by atoms with E-state index in [2.05, 4.69) is 16.5 Å². The Bertz CT molecular complexity index is 391. The van der Waals surface area contributed by atoms with Crippen LogP contribution in [0.2, 0.25) is 0 Å². The number of anilines is 1. The predicted molar refractivity (Wildman–Crippen MR) is 62.2 cm³/mol. The van der Waals surface area contributed by atoms with Crippen LogP contribution in [0.4, 0.5) is 5.82 Å². The van der Waals surface area contributed by atoms with Crippen LogP contribution in [-0.4, -0.2) is 29.0 Å². The van der Waals surface area contributed by atoms with Crippen molar-refractivity contribution >= 4 is 5.82 Å². The van der Waals surface area contributed by atoms with Crippen LogP contribution in [0, 0.1) is 18.3 Å². The van der Waals surface area contributed by atoms with Gasteiger partial charge >= 0.3 is 0 Å². The average Bonchev–Trinajstić information content (AvgIpc) is 2.50. The van der Waals surface area contributed by atoms with Crippen molar-refractivity contribution in [1.29, 1.82) is 5.26 Å². The van der Waals surface area contributed by atoms with Crippen LogP contribution in [0.5, 0.6) is 0 Å². The highest BCUT2D eigenvalue weighted by atomic mass is 16.5. The molecular formula is C11H18N4O. The molecule has 0 amide bonds. The molecule has 0 aliphatic carbocycles. The van der Waals surface area contributed by atoms with Crippen molar-refractivity contribution in [2.75, 3.05) is 18.5 Å². The van der Waals surface area contributed by atoms with Gasteiger partial charge in [0, 0.05) is 20.2 Å². The number of nitriles is 1. The van der Waals surface area contributed by atoms with Crippen molar-refractivity contribution in [3.8, 4) is 6.07 Å². The summed E-state index contributed by atoms with van der Waals surface area (Å²) in [6, 6.07) is 2.15. The van der Waals surface area contributed by atoms with Gasteiger partial charge in [-0.3, -0.25) is 4.68 Å². The molecule has 1 N–H and O–H groups in total. The molecule has 1 heterocycles. The molecule has 0 aliphatic heterocycles. The van der Waals surface area contributed by atoms with Crippen LogP contribution in [0.1, 0.15) is 25.1 Å². The molecule has 5 heteroatoms. The summed E-state index contributed by atoms with van der Waals surface area (Å²) in [6.45, 7) is 7.15. The van der Waals surface area contributed by atoms with Gasteiger partial charge in [0.15, 0.2) is 0 Å². The van der Waals surface area contributed by atoms with E-state index in [9.17, 15) is 0 Å². The molecule has 0 fully saturated rings. The SMILES string of the molecule is CCOC(C)CNc1c(C#N)c(C)nn1C. The molecule has 0 aromatic carbocycles. The Morgan fingerprint density at radius 1 is 1.62 bits per heavy atom. The maximum atomic E-state index is 9.01. The zero-order valence-corrected chi connectivity index (χ0v) is 10.2. The maximum Gasteiger partial charge on any atom is 0.142 e. The molecule has 1 unspecified atom stereocenters. The molecule has 1 aromatic rings. The number of aryl methyl sites for hydroxylation is 2. The quantitative estimate of drug-likeness (QED) is 0.818. The lowest BCUT2D eigenvalue weighted by molar-refractivity contribution is 0.0854. The summed E-state index contributed by atoms with van der Waals surface area (Å²) in [5.74, 6) is 0.756. The van der Waals surface area contributed by atoms with E-state index < -0.39 is 0 Å². The van der Waals surface area contributed by atoms with E-state index in [1.807, 2.05) is 27.8 Å². The van der Waals surface area contributed by atoms with E-state index in [0.717, 1.165) is 11.5 Å². The number of nitrogens with one attached hydrogen (secondary N) is 1. The highest BCUT2D eigenvalue weighted by molar-refractivity contribution is 5.54. The number of rotatable bonds is 5. The van der Waals surface area contributed by atoms with E-state index in [-0.39, 0.29) is 6.10 Å². The monoisotopic (exact) mass is 222 g/mol. The van der Waals surface area contributed by atoms with Crippen molar-refractivity contribution in [2.45, 2.75) is 26.9 Å². The summed E-state index contributed by atoms with van der Waals surface area (Å²) in [4.78, 5) is 0. The normalized spacial score (nSPS) is 12.2. The van der Waals surface area contributed by atoms with Crippen molar-refractivity contribution in [2.24, 2.45) is 7.05 Å². The molecule has 1 rings (SSSR count). The number of ether oxygens (including phenoxy) is 1. The van der Waals surface area contributed by atoms with Gasteiger partial charge < -0.3 is 10.1 Å². The minimum atomic E-state index is 0.117. The number of hydrogen-bond donors (Lipinski definition) is 1. The first kappa shape index (κ1) is 12.5. The van der Waals surface area contributed by atoms with Crippen LogP contribution in [-0.2, 0) is 11.8 Å². The van der Waals surface area contributed by atoms with Crippen LogP contribution >= 0.6 is 0 Å². The van der Waals surface area contributed by atoms with Crippen molar-refractivity contribution in [1.82, 2.24) is 9.78 Å². The van der Waals surface area contributed by atoms with E-state index in [0.29, 0.717) is 18.7 Å². The molecule has 0 saturated carbocycles. The van der Waals surface area contributed by atoms with Gasteiger partial charge in [0.25, 0.3) is 0 Å². The van der Waals surface area contributed by atoms with Gasteiger partial charge in [0.2, 0.25) is 0 Å². The molecule has 0 aliphatic rings. The lowest BCUT2D eigenvalue weighted by atomic mass is 10.2. The summed E-state index contributed by atoms with van der Waals surface area (Å²) in [5, 5.41) is 16.4. The Morgan fingerprint density at radius 3 is 2.88 bits per heavy atom. The second-order valence-electron chi connectivity index (χ2n) is 3.69. The lowest BCUT2D eigenvalue weighted by Crippen LogP contribution is -2.21. The third kappa shape index (κ3) is 2.74. The van der Waals surface area contributed by atoms with Gasteiger partial charge in [-0.1, -0.05) is 0 Å². The summed E-state index contributed by atoms with van der Waals surface area (Å²) in [7, 11) is 1.82. The van der Waals surface area contributed by atoms with E-state index in [1.165, 1.54) is 0 Å². The first-order valence-corrected chi connectivity index (χ1v) is 5.39. The molecule has 88 valence electrons. The third-order valence-corrected chi connectivity index (χ3v) is 2.34. The highest BCUT2D eigenvalue weighted by Gasteiger charge is 2.13. The second-order valence-corrected chi connectivity index (χ2v) is 3.69. The fourth-order valence-electron chi connectivity index (χ4n) is 1.58. The van der Waals surface area contributed by atoms with Crippen molar-refractivity contribution in [3.63, 3.8) is 0 Å². The van der Waals surface area contributed by atoms with E-state index >= 15 is 0 Å². The first-order chi connectivity index (χ1) is 7.60. The van der Waals surface area contributed by atoms with Crippen LogP contribution < -0.4 is 5.32 Å². The first-order valence-electron chi connectivity index (χ1n) is 5.39. The lowest BCUT2D eigenvalue weighted by Gasteiger charge is -2.13. The van der Waals surface area contributed by atoms with Crippen molar-refractivity contribution in [3.05, 3.63) is 11.3 Å². The fraction of sp³-hybridized carbons (Fsp3) is 0.636. The second kappa shape index (κ2) is 5.52. The average molecular weight is 222 g/mol. The standard InChI is InChI=1S/C11H18N4O/c1-5-16-8(2)7-13-11-10(6-12)9(3)14-15(11)4/h8,13H,5,7H2,1-4H3. The zero-order valence-electron chi connectivity index (χ0n) is 10.2. The third-order valence-electron chi connectivity index (χ3n) is 2.34. The van der Waals surface area contributed by atoms with E-state index in [4.69, 9.17) is 10.00 Å². The highest BCUT2D eigenvalue weighted by Crippen LogP contribution is 2.17. The summed E-state index contributed by atoms with van der Waals surface area (Å²) in [5.41, 5.74) is 1.35. The molecule has 0 saturated heterocycles. The van der Waals surface area contributed by atoms with Gasteiger partial charge in [-0.25, -0.2) is 0 Å². The van der Waals surface area contributed by atoms with Gasteiger partial charge in [-0.05, 0) is 20.8 Å². The summed E-state index contributed by atoms with van der Waals surface area (Å²) in [6.07, 6.45) is 0.117. The summed E-state index contributed by atoms with van der Waals surface area (Å²) < 4.78 is 7.10. The van der Waals surface area contributed by atoms with Crippen LogP contribution in [0.25, 0.3) is 0 Å². The Labute approximate surface area is 96.0 Å². The number of aromatic nitrogens is 2. The molecule has 5 nitrogen and oxygen atoms in total. The fourth-order valence-corrected chi connectivity index (χ4v) is 1.58. The largest absolute Gasteiger partial charge is 0.377 e. The summed E-state index contributed by atoms with van der Waals surface area (Å²) >= 11 is 0. The maximum absolute atomic E-state index is 9.01. The Morgan fingerprint density at radius 2 is 2.31 bits per heavy atom. The molecular weight excluding hydrogens is 204 g/mol. The van der Waals surface area contributed by atoms with Gasteiger partial charge in [-0.15, -0.1) is 0 Å². The van der Waals surface area contributed by atoms with Gasteiger partial charge in [0.05, 0.1) is 11.8 Å². The molecule has 0 bridgehead atoms. The van der Waals surface area contributed by atoms with Crippen molar-refractivity contribution < 1.29 is 4.74 Å². The molecule has 0 spiro atoms. The molecule has 1 atom stereocenters. The molecule has 16 heavy (non-hydrogen) atoms.